The number of nitrogens with two attached hydrogens (primary N) is 1. The van der Waals surface area contributed by atoms with E-state index < -0.39 is 6.04 Å². The van der Waals surface area contributed by atoms with Crippen molar-refractivity contribution in [2.24, 2.45) is 11.7 Å². The molecule has 0 bridgehead atoms. The van der Waals surface area contributed by atoms with Gasteiger partial charge in [-0.1, -0.05) is 32.4 Å². The summed E-state index contributed by atoms with van der Waals surface area (Å²) in [7, 11) is 1.38. The number of ether oxygens (including phenoxy) is 1. The minimum Gasteiger partial charge on any atom is -0.469 e. The van der Waals surface area contributed by atoms with Gasteiger partial charge in [0.05, 0.1) is 13.2 Å². The van der Waals surface area contributed by atoms with Crippen LogP contribution in [-0.4, -0.2) is 25.0 Å². The van der Waals surface area contributed by atoms with Crippen molar-refractivity contribution in [3.63, 3.8) is 0 Å². The van der Waals surface area contributed by atoms with E-state index in [0.29, 0.717) is 18.5 Å². The zero-order chi connectivity index (χ0) is 15.8. The molecule has 3 N–H and O–H groups in total. The molecule has 2 atom stereocenters. The fourth-order valence-electron chi connectivity index (χ4n) is 1.84. The minimum atomic E-state index is -0.506. The van der Waals surface area contributed by atoms with Gasteiger partial charge in [0.15, 0.2) is 0 Å². The fraction of sp³-hybridized carbons (Fsp3) is 0.500. The number of carbonyl (C=O) groups excluding carboxylic acids is 2. The van der Waals surface area contributed by atoms with Crippen molar-refractivity contribution in [2.75, 3.05) is 12.4 Å². The number of benzene rings is 1. The second-order valence-corrected chi connectivity index (χ2v) is 5.17. The van der Waals surface area contributed by atoms with E-state index in [1.807, 2.05) is 38.1 Å². The van der Waals surface area contributed by atoms with Crippen LogP contribution in [0.1, 0.15) is 32.3 Å². The van der Waals surface area contributed by atoms with Crippen LogP contribution in [-0.2, 0) is 20.7 Å². The van der Waals surface area contributed by atoms with Gasteiger partial charge in [0.2, 0.25) is 5.91 Å². The lowest BCUT2D eigenvalue weighted by Gasteiger charge is -2.17. The quantitative estimate of drug-likeness (QED) is 0.754. The number of methoxy groups -OCH3 is 1. The summed E-state index contributed by atoms with van der Waals surface area (Å²) in [5.74, 6) is -0.261. The largest absolute Gasteiger partial charge is 0.469 e. The van der Waals surface area contributed by atoms with Crippen molar-refractivity contribution in [1.82, 2.24) is 0 Å². The highest BCUT2D eigenvalue weighted by Gasteiger charge is 2.19. The number of rotatable bonds is 7. The van der Waals surface area contributed by atoms with E-state index in [2.05, 4.69) is 10.1 Å². The number of nitrogens with one attached hydrogen (secondary N) is 1. The van der Waals surface area contributed by atoms with E-state index in [9.17, 15) is 9.59 Å². The maximum Gasteiger partial charge on any atom is 0.305 e. The summed E-state index contributed by atoms with van der Waals surface area (Å²) in [6.07, 6.45) is 1.83. The highest BCUT2D eigenvalue weighted by Crippen LogP contribution is 2.13. The Hall–Kier alpha value is -1.88. The van der Waals surface area contributed by atoms with Gasteiger partial charge in [-0.3, -0.25) is 9.59 Å². The first kappa shape index (κ1) is 17.2. The van der Waals surface area contributed by atoms with Gasteiger partial charge in [-0.25, -0.2) is 0 Å². The summed E-state index contributed by atoms with van der Waals surface area (Å²) in [6.45, 7) is 3.97. The molecule has 0 saturated heterocycles. The Labute approximate surface area is 125 Å². The molecule has 0 aromatic heterocycles. The number of hydrogen-bond acceptors (Lipinski definition) is 4. The van der Waals surface area contributed by atoms with Gasteiger partial charge in [0.25, 0.3) is 0 Å². The first-order valence-electron chi connectivity index (χ1n) is 7.20. The lowest BCUT2D eigenvalue weighted by molar-refractivity contribution is -0.140. The molecule has 0 fully saturated rings. The average Bonchev–Trinajstić information content (AvgIpc) is 2.52. The van der Waals surface area contributed by atoms with Gasteiger partial charge in [-0.15, -0.1) is 0 Å². The van der Waals surface area contributed by atoms with Crippen LogP contribution >= 0.6 is 0 Å². The molecular formula is C16H24N2O3. The molecule has 0 radical (unpaired) electrons. The van der Waals surface area contributed by atoms with Gasteiger partial charge in [0, 0.05) is 12.1 Å². The lowest BCUT2D eigenvalue weighted by Crippen LogP contribution is -2.40. The molecule has 5 heteroatoms. The van der Waals surface area contributed by atoms with Crippen molar-refractivity contribution < 1.29 is 14.3 Å². The van der Waals surface area contributed by atoms with Crippen LogP contribution in [0.3, 0.4) is 0 Å². The van der Waals surface area contributed by atoms with Crippen LogP contribution in [0.2, 0.25) is 0 Å². The highest BCUT2D eigenvalue weighted by molar-refractivity contribution is 5.94. The Morgan fingerprint density at radius 2 is 1.90 bits per heavy atom. The number of anilines is 1. The number of aryl methyl sites for hydroxylation is 1. The highest BCUT2D eigenvalue weighted by atomic mass is 16.5. The van der Waals surface area contributed by atoms with Crippen LogP contribution in [0, 0.1) is 5.92 Å². The van der Waals surface area contributed by atoms with E-state index >= 15 is 0 Å². The normalized spacial score (nSPS) is 13.3. The third-order valence-electron chi connectivity index (χ3n) is 3.63. The zero-order valence-electron chi connectivity index (χ0n) is 12.9. The standard InChI is InChI=1S/C16H24N2O3/c1-4-11(2)15(17)16(20)18-13-8-5-12(6-9-13)7-10-14(19)21-3/h5-6,8-9,11,15H,4,7,10,17H2,1-3H3,(H,18,20). The van der Waals surface area contributed by atoms with Crippen molar-refractivity contribution in [3.05, 3.63) is 29.8 Å². The van der Waals surface area contributed by atoms with Crippen molar-refractivity contribution in [3.8, 4) is 0 Å². The second kappa shape index (κ2) is 8.42. The van der Waals surface area contributed by atoms with E-state index in [4.69, 9.17) is 5.73 Å². The lowest BCUT2D eigenvalue weighted by atomic mass is 9.99. The van der Waals surface area contributed by atoms with Crippen molar-refractivity contribution in [2.45, 2.75) is 39.2 Å². The van der Waals surface area contributed by atoms with Crippen molar-refractivity contribution >= 4 is 17.6 Å². The summed E-state index contributed by atoms with van der Waals surface area (Å²) in [5.41, 5.74) is 7.61. The molecule has 0 aliphatic carbocycles. The van der Waals surface area contributed by atoms with E-state index in [1.54, 1.807) is 0 Å². The monoisotopic (exact) mass is 292 g/mol. The summed E-state index contributed by atoms with van der Waals surface area (Å²) >= 11 is 0. The van der Waals surface area contributed by atoms with Crippen molar-refractivity contribution in [1.29, 1.82) is 0 Å². The van der Waals surface area contributed by atoms with Gasteiger partial charge in [0.1, 0.15) is 0 Å². The smallest absolute Gasteiger partial charge is 0.305 e. The predicted molar refractivity (Wildman–Crippen MR) is 82.8 cm³/mol. The average molecular weight is 292 g/mol. The summed E-state index contributed by atoms with van der Waals surface area (Å²) in [4.78, 5) is 23.0. The van der Waals surface area contributed by atoms with E-state index in [1.165, 1.54) is 7.11 Å². The third kappa shape index (κ3) is 5.55. The molecule has 1 amide bonds. The summed E-state index contributed by atoms with van der Waals surface area (Å²) in [6, 6.07) is 6.89. The van der Waals surface area contributed by atoms with Gasteiger partial charge < -0.3 is 15.8 Å². The number of esters is 1. The molecule has 116 valence electrons. The molecule has 0 heterocycles. The number of amides is 1. The zero-order valence-corrected chi connectivity index (χ0v) is 12.9. The van der Waals surface area contributed by atoms with Crippen LogP contribution in [0.4, 0.5) is 5.69 Å². The molecule has 2 unspecified atom stereocenters. The van der Waals surface area contributed by atoms with Gasteiger partial charge >= 0.3 is 5.97 Å². The van der Waals surface area contributed by atoms with Gasteiger partial charge in [-0.05, 0) is 30.0 Å². The Balaban J connectivity index is 2.54. The number of carbonyl (C=O) groups is 2. The first-order chi connectivity index (χ1) is 9.97. The second-order valence-electron chi connectivity index (χ2n) is 5.17. The topological polar surface area (TPSA) is 81.4 Å². The van der Waals surface area contributed by atoms with Crippen LogP contribution < -0.4 is 11.1 Å². The summed E-state index contributed by atoms with van der Waals surface area (Å²) < 4.78 is 4.60. The SMILES string of the molecule is CCC(C)C(N)C(=O)Nc1ccc(CCC(=O)OC)cc1. The Kier molecular flexibility index (Phi) is 6.88. The maximum absolute atomic E-state index is 12.0. The molecule has 1 aromatic carbocycles. The fourth-order valence-corrected chi connectivity index (χ4v) is 1.84. The molecule has 0 saturated carbocycles. The molecule has 0 aliphatic rings. The van der Waals surface area contributed by atoms with Crippen LogP contribution in [0.25, 0.3) is 0 Å². The Morgan fingerprint density at radius 1 is 1.29 bits per heavy atom. The van der Waals surface area contributed by atoms with E-state index in [-0.39, 0.29) is 17.8 Å². The first-order valence-corrected chi connectivity index (χ1v) is 7.20. The molecular weight excluding hydrogens is 268 g/mol. The molecule has 1 rings (SSSR count). The predicted octanol–water partition coefficient (Wildman–Crippen LogP) is 2.10. The molecule has 1 aromatic rings. The molecule has 21 heavy (non-hydrogen) atoms. The molecule has 0 spiro atoms. The summed E-state index contributed by atoms with van der Waals surface area (Å²) in [5, 5.41) is 2.80. The van der Waals surface area contributed by atoms with E-state index in [0.717, 1.165) is 12.0 Å². The minimum absolute atomic E-state index is 0.143. The van der Waals surface area contributed by atoms with Gasteiger partial charge in [-0.2, -0.15) is 0 Å². The third-order valence-corrected chi connectivity index (χ3v) is 3.63. The van der Waals surface area contributed by atoms with Crippen LogP contribution in [0.15, 0.2) is 24.3 Å². The molecule has 5 nitrogen and oxygen atoms in total. The Morgan fingerprint density at radius 3 is 2.43 bits per heavy atom. The maximum atomic E-state index is 12.0. The number of hydrogen-bond donors (Lipinski definition) is 2. The molecule has 0 aliphatic heterocycles. The Bertz CT molecular complexity index is 471. The van der Waals surface area contributed by atoms with Crippen LogP contribution in [0.5, 0.6) is 0 Å².